The predicted molar refractivity (Wildman–Crippen MR) is 55.8 cm³/mol. The van der Waals surface area contributed by atoms with Gasteiger partial charge in [0.25, 0.3) is 0 Å². The van der Waals surface area contributed by atoms with Crippen LogP contribution >= 0.6 is 12.6 Å². The molecule has 0 aromatic heterocycles. The van der Waals surface area contributed by atoms with Crippen molar-refractivity contribution in [3.63, 3.8) is 0 Å². The minimum atomic E-state index is 0.865. The van der Waals surface area contributed by atoms with E-state index in [1.165, 1.54) is 0 Å². The molecule has 0 aromatic carbocycles. The van der Waals surface area contributed by atoms with Gasteiger partial charge in [0.1, 0.15) is 0 Å². The summed E-state index contributed by atoms with van der Waals surface area (Å²) in [4.78, 5) is 0.865. The fraction of sp³-hybridized carbons (Fsp3) is 0.200. The van der Waals surface area contributed by atoms with Crippen LogP contribution in [0.15, 0.2) is 47.9 Å². The van der Waals surface area contributed by atoms with Gasteiger partial charge in [-0.05, 0) is 12.0 Å². The highest BCUT2D eigenvalue weighted by Crippen LogP contribution is 2.12. The summed E-state index contributed by atoms with van der Waals surface area (Å²) in [7, 11) is 0. The van der Waals surface area contributed by atoms with E-state index in [4.69, 9.17) is 0 Å². The highest BCUT2D eigenvalue weighted by molar-refractivity contribution is 7.84. The van der Waals surface area contributed by atoms with Gasteiger partial charge in [0, 0.05) is 4.91 Å². The lowest BCUT2D eigenvalue weighted by molar-refractivity contribution is 1.22. The van der Waals surface area contributed by atoms with Crippen molar-refractivity contribution in [1.29, 1.82) is 0 Å². The van der Waals surface area contributed by atoms with Gasteiger partial charge in [-0.3, -0.25) is 0 Å². The first-order valence-electron chi connectivity index (χ1n) is 3.60. The topological polar surface area (TPSA) is 0 Å². The van der Waals surface area contributed by atoms with Gasteiger partial charge in [0.05, 0.1) is 0 Å². The average Bonchev–Trinajstić information content (AvgIpc) is 2.05. The molecule has 0 aliphatic heterocycles. The van der Waals surface area contributed by atoms with E-state index >= 15 is 0 Å². The van der Waals surface area contributed by atoms with E-state index in [9.17, 15) is 0 Å². The number of hydrogen-bond acceptors (Lipinski definition) is 1. The number of allylic oxidation sites excluding steroid dienone is 5. The Bertz CT molecular complexity index is 197. The summed E-state index contributed by atoms with van der Waals surface area (Å²) >= 11 is 4.22. The van der Waals surface area contributed by atoms with Gasteiger partial charge >= 0.3 is 0 Å². The summed E-state index contributed by atoms with van der Waals surface area (Å²) in [5.41, 5.74) is 1.02. The molecule has 60 valence electrons. The minimum absolute atomic E-state index is 0.865. The molecular weight excluding hydrogens is 152 g/mol. The lowest BCUT2D eigenvalue weighted by atomic mass is 10.2. The Morgan fingerprint density at radius 3 is 2.36 bits per heavy atom. The summed E-state index contributed by atoms with van der Waals surface area (Å²) in [6.07, 6.45) is 8.57. The van der Waals surface area contributed by atoms with Crippen LogP contribution in [0.3, 0.4) is 0 Å². The van der Waals surface area contributed by atoms with E-state index < -0.39 is 0 Å². The van der Waals surface area contributed by atoms with E-state index in [0.717, 1.165) is 16.9 Å². The molecule has 0 heterocycles. The van der Waals surface area contributed by atoms with Gasteiger partial charge in [-0.25, -0.2) is 0 Å². The molecule has 0 aromatic rings. The molecule has 0 saturated heterocycles. The molecule has 0 aliphatic rings. The van der Waals surface area contributed by atoms with Gasteiger partial charge in [0.2, 0.25) is 0 Å². The molecule has 11 heavy (non-hydrogen) atoms. The van der Waals surface area contributed by atoms with Crippen LogP contribution in [0.4, 0.5) is 0 Å². The van der Waals surface area contributed by atoms with Crippen LogP contribution in [0.2, 0.25) is 0 Å². The molecule has 0 saturated carbocycles. The predicted octanol–water partition coefficient (Wildman–Crippen LogP) is 3.51. The first-order chi connectivity index (χ1) is 5.26. The quantitative estimate of drug-likeness (QED) is 0.479. The van der Waals surface area contributed by atoms with Crippen molar-refractivity contribution < 1.29 is 0 Å². The summed E-state index contributed by atoms with van der Waals surface area (Å²) in [5, 5.41) is 0. The van der Waals surface area contributed by atoms with E-state index in [1.54, 1.807) is 12.2 Å². The van der Waals surface area contributed by atoms with Crippen LogP contribution in [-0.4, -0.2) is 0 Å². The maximum Gasteiger partial charge on any atom is 0.0106 e. The van der Waals surface area contributed by atoms with Gasteiger partial charge < -0.3 is 0 Å². The lowest BCUT2D eigenvalue weighted by Gasteiger charge is -1.95. The van der Waals surface area contributed by atoms with E-state index in [2.05, 4.69) is 38.8 Å². The summed E-state index contributed by atoms with van der Waals surface area (Å²) in [5.74, 6) is 0. The van der Waals surface area contributed by atoms with Crippen molar-refractivity contribution in [3.8, 4) is 0 Å². The molecule has 0 fully saturated rings. The smallest absolute Gasteiger partial charge is 0.0106 e. The fourth-order valence-electron chi connectivity index (χ4n) is 0.621. The molecular formula is C10H14S. The average molecular weight is 166 g/mol. The van der Waals surface area contributed by atoms with Crippen LogP contribution in [0.1, 0.15) is 13.3 Å². The third-order valence-corrected chi connectivity index (χ3v) is 1.68. The third kappa shape index (κ3) is 3.89. The summed E-state index contributed by atoms with van der Waals surface area (Å²) in [6, 6.07) is 0. The minimum Gasteiger partial charge on any atom is -0.143 e. The highest BCUT2D eigenvalue weighted by Gasteiger charge is 1.88. The van der Waals surface area contributed by atoms with Crippen molar-refractivity contribution in [3.05, 3.63) is 47.9 Å². The maximum atomic E-state index is 4.22. The molecule has 0 unspecified atom stereocenters. The normalized spacial score (nSPS) is 12.9. The standard InChI is InChI=1S/C10H14S/c1-4-7-8-9(5-2)10(11)6-3/h5-8,11H,2-4H2,1H3/b8-7-,10-9-. The van der Waals surface area contributed by atoms with Gasteiger partial charge in [0.15, 0.2) is 0 Å². The number of rotatable bonds is 4. The van der Waals surface area contributed by atoms with Crippen LogP contribution < -0.4 is 0 Å². The zero-order chi connectivity index (χ0) is 8.69. The molecule has 0 nitrogen and oxygen atoms in total. The zero-order valence-electron chi connectivity index (χ0n) is 6.88. The molecule has 0 radical (unpaired) electrons. The Hall–Kier alpha value is -0.690. The molecule has 0 rings (SSSR count). The molecule has 0 spiro atoms. The Balaban J connectivity index is 4.51. The number of thiol groups is 1. The van der Waals surface area contributed by atoms with Crippen LogP contribution in [0.25, 0.3) is 0 Å². The second-order valence-corrected chi connectivity index (χ2v) is 2.54. The van der Waals surface area contributed by atoms with Crippen molar-refractivity contribution in [2.45, 2.75) is 13.3 Å². The first-order valence-corrected chi connectivity index (χ1v) is 4.05. The third-order valence-electron chi connectivity index (χ3n) is 1.24. The Morgan fingerprint density at radius 1 is 1.36 bits per heavy atom. The molecule has 0 amide bonds. The first kappa shape index (κ1) is 10.3. The highest BCUT2D eigenvalue weighted by atomic mass is 32.1. The van der Waals surface area contributed by atoms with Crippen LogP contribution in [-0.2, 0) is 0 Å². The molecule has 1 heteroatoms. The largest absolute Gasteiger partial charge is 0.143 e. The van der Waals surface area contributed by atoms with E-state index in [-0.39, 0.29) is 0 Å². The van der Waals surface area contributed by atoms with Gasteiger partial charge in [-0.1, -0.05) is 44.4 Å². The lowest BCUT2D eigenvalue weighted by Crippen LogP contribution is -1.73. The van der Waals surface area contributed by atoms with Crippen molar-refractivity contribution in [2.75, 3.05) is 0 Å². The summed E-state index contributed by atoms with van der Waals surface area (Å²) in [6.45, 7) is 9.39. The van der Waals surface area contributed by atoms with E-state index in [0.29, 0.717) is 0 Å². The van der Waals surface area contributed by atoms with Gasteiger partial charge in [-0.15, -0.1) is 12.6 Å². The van der Waals surface area contributed by atoms with Crippen molar-refractivity contribution in [1.82, 2.24) is 0 Å². The van der Waals surface area contributed by atoms with Crippen LogP contribution in [0.5, 0.6) is 0 Å². The second kappa shape index (κ2) is 6.05. The Morgan fingerprint density at radius 2 is 2.00 bits per heavy atom. The SMILES string of the molecule is C=C/C(S)=C(C=C)/C=C\CC. The Kier molecular flexibility index (Phi) is 5.67. The molecule has 0 N–H and O–H groups in total. The number of hydrogen-bond donors (Lipinski definition) is 1. The molecule has 0 bridgehead atoms. The van der Waals surface area contributed by atoms with Crippen molar-refractivity contribution >= 4 is 12.6 Å². The molecule has 0 atom stereocenters. The second-order valence-electron chi connectivity index (χ2n) is 2.06. The monoisotopic (exact) mass is 166 g/mol. The molecule has 0 aliphatic carbocycles. The zero-order valence-corrected chi connectivity index (χ0v) is 7.77. The Labute approximate surface area is 74.4 Å². The van der Waals surface area contributed by atoms with Crippen LogP contribution in [0, 0.1) is 0 Å². The maximum absolute atomic E-state index is 4.22. The fourth-order valence-corrected chi connectivity index (χ4v) is 0.786. The van der Waals surface area contributed by atoms with Gasteiger partial charge in [-0.2, -0.15) is 0 Å². The summed E-state index contributed by atoms with van der Waals surface area (Å²) < 4.78 is 0. The van der Waals surface area contributed by atoms with Crippen molar-refractivity contribution in [2.24, 2.45) is 0 Å². The van der Waals surface area contributed by atoms with E-state index in [1.807, 2.05) is 6.08 Å².